The van der Waals surface area contributed by atoms with E-state index in [9.17, 15) is 5.11 Å². The number of hydrogen-bond donors (Lipinski definition) is 2. The van der Waals surface area contributed by atoms with Crippen LogP contribution in [0.15, 0.2) is 35.2 Å². The van der Waals surface area contributed by atoms with Gasteiger partial charge in [0.05, 0.1) is 8.07 Å². The molecule has 0 atom stereocenters. The SMILES string of the molecule is CNc1ccc([Si](C)(C)CSc2cc(C)c(O)c(C)c2C)cc1. The molecule has 0 fully saturated rings. The fraction of sp³-hybridized carbons (Fsp3) is 0.368. The van der Waals surface area contributed by atoms with E-state index >= 15 is 0 Å². The lowest BCUT2D eigenvalue weighted by molar-refractivity contribution is 0.465. The molecule has 0 aliphatic rings. The standard InChI is InChI=1S/C19H27NOSSi/c1-13-11-18(14(2)15(3)19(13)21)22-12-23(5,6)17-9-7-16(20-4)8-10-17/h7-11,20-21H,12H2,1-6H3. The van der Waals surface area contributed by atoms with Crippen molar-refractivity contribution in [1.82, 2.24) is 0 Å². The van der Waals surface area contributed by atoms with Crippen molar-refractivity contribution in [3.63, 3.8) is 0 Å². The molecule has 0 saturated carbocycles. The van der Waals surface area contributed by atoms with Crippen molar-refractivity contribution in [3.8, 4) is 5.75 Å². The summed E-state index contributed by atoms with van der Waals surface area (Å²) in [6.45, 7) is 10.9. The summed E-state index contributed by atoms with van der Waals surface area (Å²) in [5.41, 5.74) is 4.33. The molecule has 4 heteroatoms. The largest absolute Gasteiger partial charge is 0.507 e. The minimum Gasteiger partial charge on any atom is -0.507 e. The fourth-order valence-electron chi connectivity index (χ4n) is 2.61. The molecule has 2 nitrogen and oxygen atoms in total. The average molecular weight is 346 g/mol. The van der Waals surface area contributed by atoms with Gasteiger partial charge in [-0.05, 0) is 61.0 Å². The van der Waals surface area contributed by atoms with E-state index in [-0.39, 0.29) is 0 Å². The number of phenols is 1. The topological polar surface area (TPSA) is 32.3 Å². The first kappa shape index (κ1) is 18.0. The molecule has 0 aliphatic carbocycles. The van der Waals surface area contributed by atoms with Crippen LogP contribution in [0.5, 0.6) is 5.75 Å². The summed E-state index contributed by atoms with van der Waals surface area (Å²) in [6.07, 6.45) is 0. The second kappa shape index (κ2) is 7.01. The summed E-state index contributed by atoms with van der Waals surface area (Å²) in [5, 5.41) is 15.9. The summed E-state index contributed by atoms with van der Waals surface area (Å²) in [4.78, 5) is 1.30. The summed E-state index contributed by atoms with van der Waals surface area (Å²) in [7, 11) is 0.454. The Bertz CT molecular complexity index is 696. The molecule has 23 heavy (non-hydrogen) atoms. The van der Waals surface area contributed by atoms with Gasteiger partial charge < -0.3 is 10.4 Å². The lowest BCUT2D eigenvalue weighted by atomic mass is 10.1. The number of phenolic OH excluding ortho intramolecular Hbond substituents is 1. The zero-order chi connectivity index (χ0) is 17.2. The molecule has 0 bridgehead atoms. The number of hydrogen-bond acceptors (Lipinski definition) is 3. The van der Waals surface area contributed by atoms with E-state index < -0.39 is 8.07 Å². The third-order valence-corrected chi connectivity index (χ3v) is 10.6. The Morgan fingerprint density at radius 2 is 1.65 bits per heavy atom. The maximum absolute atomic E-state index is 10.1. The summed E-state index contributed by atoms with van der Waals surface area (Å²) < 4.78 is 0. The van der Waals surface area contributed by atoms with Gasteiger partial charge in [-0.1, -0.05) is 30.4 Å². The van der Waals surface area contributed by atoms with Crippen molar-refractivity contribution in [2.24, 2.45) is 0 Å². The molecular weight excluding hydrogens is 318 g/mol. The monoisotopic (exact) mass is 345 g/mol. The van der Waals surface area contributed by atoms with Crippen LogP contribution < -0.4 is 10.5 Å². The summed E-state index contributed by atoms with van der Waals surface area (Å²) >= 11 is 1.93. The zero-order valence-corrected chi connectivity index (χ0v) is 16.8. The van der Waals surface area contributed by atoms with Crippen LogP contribution in [0.25, 0.3) is 0 Å². The number of benzene rings is 2. The predicted octanol–water partition coefficient (Wildman–Crippen LogP) is 4.61. The van der Waals surface area contributed by atoms with Crippen molar-refractivity contribution in [2.45, 2.75) is 38.8 Å². The van der Waals surface area contributed by atoms with Gasteiger partial charge >= 0.3 is 0 Å². The van der Waals surface area contributed by atoms with Gasteiger partial charge in [-0.15, -0.1) is 11.8 Å². The molecule has 2 aromatic carbocycles. The van der Waals surface area contributed by atoms with Gasteiger partial charge in [-0.25, -0.2) is 0 Å². The van der Waals surface area contributed by atoms with Gasteiger partial charge in [0, 0.05) is 17.6 Å². The van der Waals surface area contributed by atoms with E-state index in [1.165, 1.54) is 15.6 Å². The van der Waals surface area contributed by atoms with Crippen LogP contribution in [0.3, 0.4) is 0 Å². The van der Waals surface area contributed by atoms with Crippen LogP contribution in [0.4, 0.5) is 5.69 Å². The van der Waals surface area contributed by atoms with Crippen LogP contribution >= 0.6 is 11.8 Å². The van der Waals surface area contributed by atoms with Gasteiger partial charge in [-0.3, -0.25) is 0 Å². The number of aryl methyl sites for hydroxylation is 1. The third kappa shape index (κ3) is 3.93. The summed E-state index contributed by atoms with van der Waals surface area (Å²) in [5.74, 6) is 0.436. The van der Waals surface area contributed by atoms with E-state index in [0.29, 0.717) is 5.75 Å². The first-order valence-corrected chi connectivity index (χ1v) is 12.2. The van der Waals surface area contributed by atoms with Gasteiger partial charge in [0.15, 0.2) is 0 Å². The molecule has 2 N–H and O–H groups in total. The van der Waals surface area contributed by atoms with Gasteiger partial charge in [-0.2, -0.15) is 0 Å². The van der Waals surface area contributed by atoms with Crippen LogP contribution in [-0.2, 0) is 0 Å². The highest BCUT2D eigenvalue weighted by Crippen LogP contribution is 2.34. The van der Waals surface area contributed by atoms with Crippen molar-refractivity contribution in [1.29, 1.82) is 0 Å². The van der Waals surface area contributed by atoms with Crippen molar-refractivity contribution >= 4 is 30.7 Å². The predicted molar refractivity (Wildman–Crippen MR) is 106 cm³/mol. The molecule has 0 radical (unpaired) electrons. The minimum absolute atomic E-state index is 0.436. The molecular formula is C19H27NOSSi. The Balaban J connectivity index is 2.18. The van der Waals surface area contributed by atoms with Crippen molar-refractivity contribution in [2.75, 3.05) is 17.7 Å². The van der Waals surface area contributed by atoms with E-state index in [1.807, 2.05) is 32.7 Å². The number of nitrogens with one attached hydrogen (secondary N) is 1. The molecule has 0 amide bonds. The normalized spacial score (nSPS) is 11.6. The van der Waals surface area contributed by atoms with Crippen molar-refractivity contribution in [3.05, 3.63) is 47.0 Å². The lowest BCUT2D eigenvalue weighted by Crippen LogP contribution is -2.44. The highest BCUT2D eigenvalue weighted by Gasteiger charge is 2.24. The van der Waals surface area contributed by atoms with Crippen LogP contribution in [0, 0.1) is 20.8 Å². The highest BCUT2D eigenvalue weighted by atomic mass is 32.2. The number of rotatable bonds is 5. The first-order valence-electron chi connectivity index (χ1n) is 7.97. The smallest absolute Gasteiger partial charge is 0.121 e. The molecule has 2 rings (SSSR count). The molecule has 0 saturated heterocycles. The van der Waals surface area contributed by atoms with Gasteiger partial charge in [0.25, 0.3) is 0 Å². The highest BCUT2D eigenvalue weighted by molar-refractivity contribution is 8.01. The Labute approximate surface area is 145 Å². The average Bonchev–Trinajstić information content (AvgIpc) is 2.55. The van der Waals surface area contributed by atoms with Crippen LogP contribution in [-0.4, -0.2) is 25.6 Å². The Kier molecular flexibility index (Phi) is 5.47. The van der Waals surface area contributed by atoms with E-state index in [4.69, 9.17) is 0 Å². The van der Waals surface area contributed by atoms with Crippen LogP contribution in [0.2, 0.25) is 13.1 Å². The Morgan fingerprint density at radius 3 is 2.22 bits per heavy atom. The zero-order valence-electron chi connectivity index (χ0n) is 14.9. The molecule has 0 aromatic heterocycles. The number of aromatic hydroxyl groups is 1. The van der Waals surface area contributed by atoms with E-state index in [1.54, 1.807) is 0 Å². The number of anilines is 1. The number of thioether (sulfide) groups is 1. The van der Waals surface area contributed by atoms with E-state index in [0.717, 1.165) is 22.2 Å². The Hall–Kier alpha value is -1.39. The third-order valence-electron chi connectivity index (χ3n) is 4.55. The molecule has 0 spiro atoms. The molecule has 0 heterocycles. The summed E-state index contributed by atoms with van der Waals surface area (Å²) in [6, 6.07) is 11.0. The van der Waals surface area contributed by atoms with Gasteiger partial charge in [0.2, 0.25) is 0 Å². The van der Waals surface area contributed by atoms with Gasteiger partial charge in [0.1, 0.15) is 5.75 Å². The molecule has 0 aliphatic heterocycles. The first-order chi connectivity index (χ1) is 10.8. The lowest BCUT2D eigenvalue weighted by Gasteiger charge is -2.24. The molecule has 0 unspecified atom stereocenters. The second-order valence-corrected chi connectivity index (χ2v) is 13.0. The quantitative estimate of drug-likeness (QED) is 0.613. The minimum atomic E-state index is -1.50. The molecule has 2 aromatic rings. The second-order valence-electron chi connectivity index (χ2n) is 6.79. The Morgan fingerprint density at radius 1 is 1.04 bits per heavy atom. The molecule has 124 valence electrons. The maximum atomic E-state index is 10.1. The maximum Gasteiger partial charge on any atom is 0.121 e. The van der Waals surface area contributed by atoms with Crippen molar-refractivity contribution < 1.29 is 5.11 Å². The van der Waals surface area contributed by atoms with E-state index in [2.05, 4.69) is 55.7 Å². The van der Waals surface area contributed by atoms with Crippen LogP contribution in [0.1, 0.15) is 16.7 Å². The fourth-order valence-corrected chi connectivity index (χ4v) is 7.04.